The minimum Gasteiger partial charge on any atom is -0.409 e. The quantitative estimate of drug-likeness (QED) is 0.338. The van der Waals surface area contributed by atoms with Gasteiger partial charge in [0.2, 0.25) is 0 Å². The van der Waals surface area contributed by atoms with Crippen LogP contribution in [0.15, 0.2) is 5.16 Å². The van der Waals surface area contributed by atoms with Gasteiger partial charge in [0.15, 0.2) is 5.84 Å². The molecule has 0 spiro atoms. The molecule has 1 heterocycles. The zero-order chi connectivity index (χ0) is 13.0. The number of oxime groups is 1. The van der Waals surface area contributed by atoms with Crippen LogP contribution in [0.4, 0.5) is 0 Å². The van der Waals surface area contributed by atoms with Crippen molar-refractivity contribution < 1.29 is 9.94 Å². The number of nitrogens with zero attached hydrogens (tertiary/aromatic N) is 2. The highest BCUT2D eigenvalue weighted by Gasteiger charge is 2.29. The molecule has 2 fully saturated rings. The number of hydrogen-bond donors (Lipinski definition) is 2. The van der Waals surface area contributed by atoms with Crippen molar-refractivity contribution in [1.82, 2.24) is 4.90 Å². The second-order valence-corrected chi connectivity index (χ2v) is 5.61. The fraction of sp³-hybridized carbons (Fsp3) is 0.923. The lowest BCUT2D eigenvalue weighted by Crippen LogP contribution is -2.44. The molecule has 2 rings (SSSR count). The van der Waals surface area contributed by atoms with E-state index in [2.05, 4.69) is 17.0 Å². The summed E-state index contributed by atoms with van der Waals surface area (Å²) in [6.45, 7) is 3.59. The molecule has 2 unspecified atom stereocenters. The third-order valence-electron chi connectivity index (χ3n) is 4.09. The van der Waals surface area contributed by atoms with Gasteiger partial charge in [-0.05, 0) is 32.6 Å². The van der Waals surface area contributed by atoms with E-state index in [1.165, 1.54) is 25.7 Å². The molecule has 1 aliphatic heterocycles. The fourth-order valence-electron chi connectivity index (χ4n) is 3.13. The largest absolute Gasteiger partial charge is 0.409 e. The van der Waals surface area contributed by atoms with Crippen molar-refractivity contribution in [3.05, 3.63) is 0 Å². The van der Waals surface area contributed by atoms with E-state index in [-0.39, 0.29) is 0 Å². The molecule has 1 saturated carbocycles. The molecule has 5 nitrogen and oxygen atoms in total. The minimum absolute atomic E-state index is 0.299. The molecule has 3 N–H and O–H groups in total. The van der Waals surface area contributed by atoms with Gasteiger partial charge in [0.1, 0.15) is 0 Å². The van der Waals surface area contributed by atoms with E-state index in [0.717, 1.165) is 19.4 Å². The number of nitrogens with two attached hydrogens (primary N) is 1. The highest BCUT2D eigenvalue weighted by molar-refractivity contribution is 5.81. The fourth-order valence-corrected chi connectivity index (χ4v) is 3.13. The molecule has 0 aromatic rings. The third-order valence-corrected chi connectivity index (χ3v) is 4.09. The van der Waals surface area contributed by atoms with Gasteiger partial charge >= 0.3 is 0 Å². The van der Waals surface area contributed by atoms with E-state index in [0.29, 0.717) is 30.6 Å². The Morgan fingerprint density at radius 2 is 2.06 bits per heavy atom. The van der Waals surface area contributed by atoms with Crippen molar-refractivity contribution in [2.75, 3.05) is 13.1 Å². The Labute approximate surface area is 109 Å². The van der Waals surface area contributed by atoms with Crippen molar-refractivity contribution in [1.29, 1.82) is 0 Å². The number of rotatable bonds is 5. The van der Waals surface area contributed by atoms with Crippen molar-refractivity contribution in [2.45, 2.75) is 63.7 Å². The average Bonchev–Trinajstić information content (AvgIpc) is 2.99. The first-order chi connectivity index (χ1) is 8.69. The van der Waals surface area contributed by atoms with Crippen LogP contribution in [0.1, 0.15) is 45.4 Å². The van der Waals surface area contributed by atoms with E-state index >= 15 is 0 Å². The summed E-state index contributed by atoms with van der Waals surface area (Å²) in [6.07, 6.45) is 7.99. The predicted octanol–water partition coefficient (Wildman–Crippen LogP) is 1.54. The second kappa shape index (κ2) is 6.38. The molecule has 18 heavy (non-hydrogen) atoms. The smallest absolute Gasteiger partial charge is 0.153 e. The molecule has 0 bridgehead atoms. The Balaban J connectivity index is 1.90. The van der Waals surface area contributed by atoms with Crippen LogP contribution in [0.25, 0.3) is 0 Å². The lowest BCUT2D eigenvalue weighted by atomic mass is 10.1. The predicted molar refractivity (Wildman–Crippen MR) is 70.8 cm³/mol. The molecule has 1 saturated heterocycles. The van der Waals surface area contributed by atoms with Crippen LogP contribution in [0.5, 0.6) is 0 Å². The first-order valence-electron chi connectivity index (χ1n) is 7.05. The summed E-state index contributed by atoms with van der Waals surface area (Å²) in [5.41, 5.74) is 5.66. The maximum absolute atomic E-state index is 8.73. The molecule has 5 heteroatoms. The van der Waals surface area contributed by atoms with Crippen LogP contribution >= 0.6 is 0 Å². The van der Waals surface area contributed by atoms with Crippen LogP contribution in [-0.4, -0.2) is 47.3 Å². The maximum Gasteiger partial charge on any atom is 0.153 e. The molecule has 2 aliphatic rings. The second-order valence-electron chi connectivity index (χ2n) is 5.61. The van der Waals surface area contributed by atoms with Gasteiger partial charge in [0.05, 0.1) is 18.8 Å². The van der Waals surface area contributed by atoms with E-state index in [4.69, 9.17) is 15.7 Å². The third kappa shape index (κ3) is 3.59. The van der Waals surface area contributed by atoms with E-state index in [1.54, 1.807) is 0 Å². The summed E-state index contributed by atoms with van der Waals surface area (Å²) < 4.78 is 5.88. The van der Waals surface area contributed by atoms with Crippen LogP contribution in [0, 0.1) is 0 Å². The Hall–Kier alpha value is -0.810. The first-order valence-corrected chi connectivity index (χ1v) is 7.05. The Kier molecular flexibility index (Phi) is 4.83. The number of ether oxygens (including phenoxy) is 1. The molecule has 2 atom stereocenters. The SMILES string of the molecule is CC1CCC(CN(CC(N)=NO)C2CCCC2)O1. The average molecular weight is 255 g/mol. The van der Waals surface area contributed by atoms with Crippen molar-refractivity contribution >= 4 is 5.84 Å². The van der Waals surface area contributed by atoms with Gasteiger partial charge < -0.3 is 15.7 Å². The molecule has 0 radical (unpaired) electrons. The van der Waals surface area contributed by atoms with Crippen molar-refractivity contribution in [3.63, 3.8) is 0 Å². The summed E-state index contributed by atoms with van der Waals surface area (Å²) in [6, 6.07) is 0.574. The normalized spacial score (nSPS) is 30.4. The summed E-state index contributed by atoms with van der Waals surface area (Å²) in [5.74, 6) is 0.299. The summed E-state index contributed by atoms with van der Waals surface area (Å²) in [4.78, 5) is 2.34. The van der Waals surface area contributed by atoms with Gasteiger partial charge in [0, 0.05) is 12.6 Å². The highest BCUT2D eigenvalue weighted by Crippen LogP contribution is 2.26. The standard InChI is InChI=1S/C13H25N3O2/c1-10-6-7-12(18-10)8-16(9-13(14)15-17)11-4-2-3-5-11/h10-12,17H,2-9H2,1H3,(H2,14,15). The Morgan fingerprint density at radius 3 is 2.61 bits per heavy atom. The monoisotopic (exact) mass is 255 g/mol. The van der Waals surface area contributed by atoms with E-state index in [9.17, 15) is 0 Å². The van der Waals surface area contributed by atoms with Gasteiger partial charge in [-0.3, -0.25) is 4.90 Å². The number of hydrogen-bond acceptors (Lipinski definition) is 4. The first kappa shape index (κ1) is 13.6. The Bertz CT molecular complexity index is 290. The van der Waals surface area contributed by atoms with E-state index in [1.807, 2.05) is 0 Å². The van der Waals surface area contributed by atoms with Crippen LogP contribution in [0.2, 0.25) is 0 Å². The zero-order valence-corrected chi connectivity index (χ0v) is 11.2. The summed E-state index contributed by atoms with van der Waals surface area (Å²) >= 11 is 0. The van der Waals surface area contributed by atoms with Crippen LogP contribution in [-0.2, 0) is 4.74 Å². The van der Waals surface area contributed by atoms with Gasteiger partial charge in [0.25, 0.3) is 0 Å². The molecule has 0 amide bonds. The van der Waals surface area contributed by atoms with Gasteiger partial charge in [-0.1, -0.05) is 18.0 Å². The van der Waals surface area contributed by atoms with Crippen LogP contribution < -0.4 is 5.73 Å². The topological polar surface area (TPSA) is 71.1 Å². The molecular formula is C13H25N3O2. The molecule has 1 aliphatic carbocycles. The molecular weight excluding hydrogens is 230 g/mol. The van der Waals surface area contributed by atoms with Crippen molar-refractivity contribution in [3.8, 4) is 0 Å². The summed E-state index contributed by atoms with van der Waals surface area (Å²) in [5, 5.41) is 11.8. The molecule has 104 valence electrons. The Morgan fingerprint density at radius 1 is 1.33 bits per heavy atom. The van der Waals surface area contributed by atoms with Gasteiger partial charge in [-0.2, -0.15) is 0 Å². The summed E-state index contributed by atoms with van der Waals surface area (Å²) in [7, 11) is 0. The van der Waals surface area contributed by atoms with Gasteiger partial charge in [-0.15, -0.1) is 0 Å². The van der Waals surface area contributed by atoms with Gasteiger partial charge in [-0.25, -0.2) is 0 Å². The molecule has 0 aromatic heterocycles. The zero-order valence-electron chi connectivity index (χ0n) is 11.2. The lowest BCUT2D eigenvalue weighted by molar-refractivity contribution is 0.0258. The van der Waals surface area contributed by atoms with Crippen molar-refractivity contribution in [2.24, 2.45) is 10.9 Å². The maximum atomic E-state index is 8.73. The van der Waals surface area contributed by atoms with E-state index < -0.39 is 0 Å². The highest BCUT2D eigenvalue weighted by atomic mass is 16.5. The molecule has 0 aromatic carbocycles. The minimum atomic E-state index is 0.299. The lowest BCUT2D eigenvalue weighted by Gasteiger charge is -2.30. The van der Waals surface area contributed by atoms with Crippen LogP contribution in [0.3, 0.4) is 0 Å². The number of amidine groups is 1.